The monoisotopic (exact) mass is 757 g/mol. The minimum Gasteiger partial charge on any atom is -0.457 e. The van der Waals surface area contributed by atoms with Crippen molar-refractivity contribution in [2.24, 2.45) is 0 Å². The number of carbonyl (C=O) groups excluding carboxylic acids is 2. The molecule has 52 heavy (non-hydrogen) atoms. The van der Waals surface area contributed by atoms with E-state index in [1.807, 2.05) is 81.4 Å². The highest BCUT2D eigenvalue weighted by molar-refractivity contribution is 7.92. The predicted molar refractivity (Wildman–Crippen MR) is 208 cm³/mol. The second-order valence-corrected chi connectivity index (χ2v) is 15.2. The van der Waals surface area contributed by atoms with Crippen molar-refractivity contribution in [3.63, 3.8) is 0 Å². The Labute approximate surface area is 316 Å². The third-order valence-electron chi connectivity index (χ3n) is 8.62. The number of nitrogens with zero attached hydrogens (tertiary/aromatic N) is 2. The molecule has 0 radical (unpaired) electrons. The summed E-state index contributed by atoms with van der Waals surface area (Å²) in [5.74, 6) is 0.127. The Morgan fingerprint density at radius 3 is 2.04 bits per heavy atom. The minimum absolute atomic E-state index is 0.0122. The molecule has 8 nitrogen and oxygen atoms in total. The van der Waals surface area contributed by atoms with Crippen LogP contribution in [-0.4, -0.2) is 43.8 Å². The second-order valence-electron chi connectivity index (χ2n) is 12.5. The van der Waals surface area contributed by atoms with Crippen molar-refractivity contribution >= 4 is 50.7 Å². The first-order chi connectivity index (χ1) is 24.9. The van der Waals surface area contributed by atoms with Gasteiger partial charge in [0.1, 0.15) is 24.1 Å². The summed E-state index contributed by atoms with van der Waals surface area (Å²) >= 11 is 12.8. The summed E-state index contributed by atoms with van der Waals surface area (Å²) in [7, 11) is -4.28. The van der Waals surface area contributed by atoms with Crippen LogP contribution in [0.3, 0.4) is 0 Å². The van der Waals surface area contributed by atoms with Gasteiger partial charge in [0.2, 0.25) is 11.8 Å². The van der Waals surface area contributed by atoms with E-state index in [9.17, 15) is 18.0 Å². The number of aryl methyl sites for hydroxylation is 1. The van der Waals surface area contributed by atoms with E-state index in [4.69, 9.17) is 27.9 Å². The molecule has 11 heteroatoms. The summed E-state index contributed by atoms with van der Waals surface area (Å²) in [5, 5.41) is 3.76. The summed E-state index contributed by atoms with van der Waals surface area (Å²) in [6, 6.07) is 35.2. The van der Waals surface area contributed by atoms with Gasteiger partial charge in [-0.05, 0) is 92.1 Å². The first-order valence-electron chi connectivity index (χ1n) is 16.9. The average molecular weight is 759 g/mol. The summed E-state index contributed by atoms with van der Waals surface area (Å²) in [6.07, 6.45) is 0.851. The number of ether oxygens (including phenoxy) is 1. The fourth-order valence-corrected chi connectivity index (χ4v) is 7.38. The number of carbonyl (C=O) groups is 2. The van der Waals surface area contributed by atoms with E-state index in [1.54, 1.807) is 54.6 Å². The zero-order valence-corrected chi connectivity index (χ0v) is 31.5. The molecule has 0 bridgehead atoms. The largest absolute Gasteiger partial charge is 0.457 e. The van der Waals surface area contributed by atoms with Crippen LogP contribution in [-0.2, 0) is 32.6 Å². The van der Waals surface area contributed by atoms with Crippen molar-refractivity contribution in [3.05, 3.63) is 154 Å². The lowest BCUT2D eigenvalue weighted by molar-refractivity contribution is -0.140. The molecule has 5 aromatic rings. The first kappa shape index (κ1) is 38.4. The fraction of sp³-hybridized carbons (Fsp3) is 0.220. The van der Waals surface area contributed by atoms with Gasteiger partial charge in [-0.1, -0.05) is 102 Å². The van der Waals surface area contributed by atoms with Gasteiger partial charge >= 0.3 is 0 Å². The van der Waals surface area contributed by atoms with E-state index < -0.39 is 28.5 Å². The van der Waals surface area contributed by atoms with Crippen LogP contribution >= 0.6 is 23.2 Å². The number of hydrogen-bond donors (Lipinski definition) is 1. The van der Waals surface area contributed by atoms with Gasteiger partial charge in [0.15, 0.2) is 0 Å². The van der Waals surface area contributed by atoms with Crippen LogP contribution in [0.2, 0.25) is 10.0 Å². The quantitative estimate of drug-likeness (QED) is 0.115. The number of para-hydroxylation sites is 1. The standard InChI is InChI=1S/C41H41Cl2N3O5S/c1-4-30(3)44-41(48)39(25-31-11-7-5-8-12-31)45(27-32-17-18-33(42)26-38(32)43)40(47)28-46(52(49,50)37-23-15-29(2)16-24-37)34-19-21-36(22-20-34)51-35-13-9-6-10-14-35/h5-24,26,30,39H,4,25,27-28H2,1-3H3,(H,44,48)/t30-,39+/m1/s1. The first-order valence-corrected chi connectivity index (χ1v) is 19.1. The number of rotatable bonds is 15. The number of benzene rings is 5. The summed E-state index contributed by atoms with van der Waals surface area (Å²) in [6.45, 7) is 5.02. The number of sulfonamides is 1. The Balaban J connectivity index is 1.58. The molecule has 5 aromatic carbocycles. The lowest BCUT2D eigenvalue weighted by Crippen LogP contribution is -2.54. The van der Waals surface area contributed by atoms with E-state index in [0.717, 1.165) is 15.4 Å². The van der Waals surface area contributed by atoms with Gasteiger partial charge in [-0.2, -0.15) is 0 Å². The van der Waals surface area contributed by atoms with Crippen molar-refractivity contribution < 1.29 is 22.7 Å². The van der Waals surface area contributed by atoms with Crippen molar-refractivity contribution in [2.45, 2.75) is 57.1 Å². The number of amides is 2. The number of halogens is 2. The molecule has 0 aliphatic carbocycles. The van der Waals surface area contributed by atoms with Gasteiger partial charge in [-0.3, -0.25) is 13.9 Å². The minimum atomic E-state index is -4.28. The molecule has 0 aromatic heterocycles. The molecule has 270 valence electrons. The van der Waals surface area contributed by atoms with Crippen LogP contribution in [0.25, 0.3) is 0 Å². The zero-order chi connectivity index (χ0) is 37.3. The molecule has 1 N–H and O–H groups in total. The molecule has 0 saturated heterocycles. The number of nitrogens with one attached hydrogen (secondary N) is 1. The van der Waals surface area contributed by atoms with Gasteiger partial charge in [0, 0.05) is 29.1 Å². The molecule has 2 atom stereocenters. The van der Waals surface area contributed by atoms with Crippen LogP contribution in [0.5, 0.6) is 11.5 Å². The molecular formula is C41H41Cl2N3O5S. The Morgan fingerprint density at radius 2 is 1.42 bits per heavy atom. The van der Waals surface area contributed by atoms with Gasteiger partial charge in [0.05, 0.1) is 10.6 Å². The average Bonchev–Trinajstić information content (AvgIpc) is 3.14. The molecule has 0 fully saturated rings. The van der Waals surface area contributed by atoms with Crippen molar-refractivity contribution in [1.29, 1.82) is 0 Å². The van der Waals surface area contributed by atoms with E-state index >= 15 is 0 Å². The Morgan fingerprint density at radius 1 is 0.808 bits per heavy atom. The zero-order valence-electron chi connectivity index (χ0n) is 29.2. The lowest BCUT2D eigenvalue weighted by atomic mass is 10.0. The fourth-order valence-electron chi connectivity index (χ4n) is 5.50. The molecule has 0 spiro atoms. The maximum Gasteiger partial charge on any atom is 0.264 e. The Hall–Kier alpha value is -4.83. The van der Waals surface area contributed by atoms with Crippen LogP contribution in [0, 0.1) is 6.92 Å². The lowest BCUT2D eigenvalue weighted by Gasteiger charge is -2.34. The molecule has 5 rings (SSSR count). The third kappa shape index (κ3) is 9.94. The molecular weight excluding hydrogens is 717 g/mol. The maximum absolute atomic E-state index is 14.8. The topological polar surface area (TPSA) is 96.0 Å². The smallest absolute Gasteiger partial charge is 0.264 e. The van der Waals surface area contributed by atoms with Gasteiger partial charge in [-0.15, -0.1) is 0 Å². The van der Waals surface area contributed by atoms with E-state index in [0.29, 0.717) is 33.5 Å². The summed E-state index contributed by atoms with van der Waals surface area (Å²) in [4.78, 5) is 30.3. The van der Waals surface area contributed by atoms with Crippen LogP contribution < -0.4 is 14.4 Å². The van der Waals surface area contributed by atoms with E-state index in [1.165, 1.54) is 17.0 Å². The van der Waals surface area contributed by atoms with Crippen LogP contribution in [0.4, 0.5) is 5.69 Å². The van der Waals surface area contributed by atoms with Gasteiger partial charge in [-0.25, -0.2) is 8.42 Å². The third-order valence-corrected chi connectivity index (χ3v) is 11.0. The number of anilines is 1. The van der Waals surface area contributed by atoms with Crippen molar-refractivity contribution in [1.82, 2.24) is 10.2 Å². The highest BCUT2D eigenvalue weighted by atomic mass is 35.5. The van der Waals surface area contributed by atoms with Crippen LogP contribution in [0.15, 0.2) is 132 Å². The summed E-state index contributed by atoms with van der Waals surface area (Å²) in [5.41, 5.74) is 2.49. The Bertz CT molecular complexity index is 2060. The predicted octanol–water partition coefficient (Wildman–Crippen LogP) is 8.84. The molecule has 0 aliphatic heterocycles. The summed E-state index contributed by atoms with van der Waals surface area (Å²) < 4.78 is 35.8. The normalized spacial score (nSPS) is 12.4. The molecule has 2 amide bonds. The SMILES string of the molecule is CC[C@@H](C)NC(=O)[C@H](Cc1ccccc1)N(Cc1ccc(Cl)cc1Cl)C(=O)CN(c1ccc(Oc2ccccc2)cc1)S(=O)(=O)c1ccc(C)cc1. The molecule has 0 saturated carbocycles. The van der Waals surface area contributed by atoms with Crippen molar-refractivity contribution in [2.75, 3.05) is 10.8 Å². The highest BCUT2D eigenvalue weighted by Gasteiger charge is 2.35. The van der Waals surface area contributed by atoms with E-state index in [2.05, 4.69) is 5.32 Å². The maximum atomic E-state index is 14.8. The number of hydrogen-bond acceptors (Lipinski definition) is 5. The second kappa shape index (κ2) is 17.6. The van der Waals surface area contributed by atoms with Crippen LogP contribution in [0.1, 0.15) is 37.0 Å². The van der Waals surface area contributed by atoms with Gasteiger partial charge < -0.3 is 15.0 Å². The molecule has 0 heterocycles. The highest BCUT2D eigenvalue weighted by Crippen LogP contribution is 2.30. The Kier molecular flexibility index (Phi) is 13.0. The molecule has 0 unspecified atom stereocenters. The van der Waals surface area contributed by atoms with Gasteiger partial charge in [0.25, 0.3) is 10.0 Å². The molecule has 0 aliphatic rings. The van der Waals surface area contributed by atoms with Crippen molar-refractivity contribution in [3.8, 4) is 11.5 Å². The van der Waals surface area contributed by atoms with E-state index in [-0.39, 0.29) is 35.5 Å².